The molecule has 0 aromatic rings. The number of aliphatic hydroxyl groups excluding tert-OH is 1. The lowest BCUT2D eigenvalue weighted by Crippen LogP contribution is -2.28. The molecule has 13 heavy (non-hydrogen) atoms. The molecule has 0 bridgehead atoms. The first-order chi connectivity index (χ1) is 6.34. The molecule has 2 atom stereocenters. The van der Waals surface area contributed by atoms with Crippen LogP contribution in [-0.4, -0.2) is 28.3 Å². The Balaban J connectivity index is 2.09. The Morgan fingerprint density at radius 1 is 1.38 bits per heavy atom. The minimum Gasteiger partial charge on any atom is -0.396 e. The topological polar surface area (TPSA) is 29.5 Å². The van der Waals surface area contributed by atoms with Gasteiger partial charge in [-0.25, -0.2) is 0 Å². The lowest BCUT2D eigenvalue weighted by atomic mass is 10.0. The first kappa shape index (κ1) is 11.7. The summed E-state index contributed by atoms with van der Waals surface area (Å²) in [5.74, 6) is 0. The predicted octanol–water partition coefficient (Wildman–Crippen LogP) is 2.52. The summed E-state index contributed by atoms with van der Waals surface area (Å²) in [6.45, 7) is 1.28. The highest BCUT2D eigenvalue weighted by atomic mass is 127. The molecule has 2 nitrogen and oxygen atoms in total. The van der Waals surface area contributed by atoms with Crippen molar-refractivity contribution in [3.05, 3.63) is 0 Å². The maximum Gasteiger partial charge on any atom is 0.0692 e. The molecule has 0 radical (unpaired) electrons. The lowest BCUT2D eigenvalue weighted by molar-refractivity contribution is 0.0164. The summed E-state index contributed by atoms with van der Waals surface area (Å²) in [4.78, 5) is 0. The minimum absolute atomic E-state index is 0.328. The molecular weight excluding hydrogens is 279 g/mol. The molecule has 1 N–H and O–H groups in total. The Morgan fingerprint density at radius 2 is 2.23 bits per heavy atom. The van der Waals surface area contributed by atoms with Crippen LogP contribution in [0.3, 0.4) is 0 Å². The van der Waals surface area contributed by atoms with Gasteiger partial charge in [0.05, 0.1) is 6.10 Å². The molecule has 0 aromatic heterocycles. The Bertz CT molecular complexity index is 124. The Hall–Kier alpha value is 0.650. The van der Waals surface area contributed by atoms with Gasteiger partial charge >= 0.3 is 0 Å². The van der Waals surface area contributed by atoms with Crippen LogP contribution in [0.5, 0.6) is 0 Å². The van der Waals surface area contributed by atoms with Crippen LogP contribution in [0.15, 0.2) is 0 Å². The molecule has 1 aliphatic rings. The van der Waals surface area contributed by atoms with Gasteiger partial charge in [0.1, 0.15) is 0 Å². The SMILES string of the molecule is OCCCC[C@H](I)[C@@H]1CCCCO1. The largest absolute Gasteiger partial charge is 0.396 e. The van der Waals surface area contributed by atoms with Gasteiger partial charge in [-0.05, 0) is 32.1 Å². The van der Waals surface area contributed by atoms with Crippen LogP contribution in [0.1, 0.15) is 38.5 Å². The molecule has 0 aromatic carbocycles. The number of hydrogen-bond acceptors (Lipinski definition) is 2. The van der Waals surface area contributed by atoms with E-state index in [1.807, 2.05) is 0 Å². The minimum atomic E-state index is 0.328. The van der Waals surface area contributed by atoms with Crippen LogP contribution in [0.25, 0.3) is 0 Å². The van der Waals surface area contributed by atoms with Crippen molar-refractivity contribution in [2.45, 2.75) is 48.6 Å². The highest BCUT2D eigenvalue weighted by molar-refractivity contribution is 14.1. The van der Waals surface area contributed by atoms with Gasteiger partial charge in [-0.3, -0.25) is 0 Å². The summed E-state index contributed by atoms with van der Waals surface area (Å²) in [6.07, 6.45) is 7.52. The second kappa shape index (κ2) is 7.01. The zero-order valence-corrected chi connectivity index (χ0v) is 10.2. The number of ether oxygens (including phenoxy) is 1. The molecule has 0 saturated carbocycles. The third-order valence-electron chi connectivity index (χ3n) is 2.51. The molecule has 0 amide bonds. The monoisotopic (exact) mass is 298 g/mol. The van der Waals surface area contributed by atoms with E-state index in [1.165, 1.54) is 25.7 Å². The lowest BCUT2D eigenvalue weighted by Gasteiger charge is -2.26. The Kier molecular flexibility index (Phi) is 6.32. The van der Waals surface area contributed by atoms with Gasteiger partial charge in [0.2, 0.25) is 0 Å². The third-order valence-corrected chi connectivity index (χ3v) is 3.93. The quantitative estimate of drug-likeness (QED) is 0.480. The van der Waals surface area contributed by atoms with E-state index in [0.717, 1.165) is 19.4 Å². The highest BCUT2D eigenvalue weighted by Crippen LogP contribution is 2.24. The van der Waals surface area contributed by atoms with E-state index in [1.54, 1.807) is 0 Å². The van der Waals surface area contributed by atoms with Crippen LogP contribution in [0.2, 0.25) is 0 Å². The summed E-state index contributed by atoms with van der Waals surface area (Å²) in [5.41, 5.74) is 0. The van der Waals surface area contributed by atoms with Crippen molar-refractivity contribution in [2.75, 3.05) is 13.2 Å². The number of hydrogen-bond donors (Lipinski definition) is 1. The summed E-state index contributed by atoms with van der Waals surface area (Å²) in [5, 5.41) is 8.66. The van der Waals surface area contributed by atoms with Gasteiger partial charge in [0, 0.05) is 17.1 Å². The van der Waals surface area contributed by atoms with Crippen molar-refractivity contribution in [3.63, 3.8) is 0 Å². The van der Waals surface area contributed by atoms with Crippen LogP contribution in [0.4, 0.5) is 0 Å². The third kappa shape index (κ3) is 4.61. The van der Waals surface area contributed by atoms with Crippen LogP contribution >= 0.6 is 22.6 Å². The normalized spacial score (nSPS) is 25.8. The second-order valence-corrected chi connectivity index (χ2v) is 5.24. The maximum atomic E-state index is 8.66. The van der Waals surface area contributed by atoms with Gasteiger partial charge in [0.15, 0.2) is 0 Å². The molecule has 0 spiro atoms. The number of rotatable bonds is 5. The number of unbranched alkanes of at least 4 members (excludes halogenated alkanes) is 1. The van der Waals surface area contributed by atoms with E-state index in [9.17, 15) is 0 Å². The Labute approximate surface area is 94.2 Å². The number of halogens is 1. The van der Waals surface area contributed by atoms with E-state index < -0.39 is 0 Å². The van der Waals surface area contributed by atoms with Crippen LogP contribution < -0.4 is 0 Å². The molecule has 3 heteroatoms. The van der Waals surface area contributed by atoms with Crippen molar-refractivity contribution in [1.29, 1.82) is 0 Å². The van der Waals surface area contributed by atoms with Crippen LogP contribution in [0, 0.1) is 0 Å². The molecule has 0 unspecified atom stereocenters. The predicted molar refractivity (Wildman–Crippen MR) is 62.3 cm³/mol. The standard InChI is InChI=1S/C10H19IO2/c11-9(5-1-3-7-12)10-6-2-4-8-13-10/h9-10,12H,1-8H2/t9-,10-/m0/s1. The summed E-state index contributed by atoms with van der Waals surface area (Å²) in [7, 11) is 0. The van der Waals surface area contributed by atoms with Crippen molar-refractivity contribution >= 4 is 22.6 Å². The van der Waals surface area contributed by atoms with E-state index >= 15 is 0 Å². The molecule has 1 saturated heterocycles. The Morgan fingerprint density at radius 3 is 2.85 bits per heavy atom. The fraction of sp³-hybridized carbons (Fsp3) is 1.00. The molecule has 1 fully saturated rings. The van der Waals surface area contributed by atoms with Crippen molar-refractivity contribution in [3.8, 4) is 0 Å². The molecule has 0 aliphatic carbocycles. The average Bonchev–Trinajstić information content (AvgIpc) is 2.19. The van der Waals surface area contributed by atoms with E-state index in [4.69, 9.17) is 9.84 Å². The average molecular weight is 298 g/mol. The van der Waals surface area contributed by atoms with E-state index in [-0.39, 0.29) is 0 Å². The number of aliphatic hydroxyl groups is 1. The fourth-order valence-electron chi connectivity index (χ4n) is 1.69. The number of alkyl halides is 1. The zero-order valence-electron chi connectivity index (χ0n) is 8.04. The van der Waals surface area contributed by atoms with Gasteiger partial charge in [0.25, 0.3) is 0 Å². The smallest absolute Gasteiger partial charge is 0.0692 e. The van der Waals surface area contributed by atoms with Crippen molar-refractivity contribution in [1.82, 2.24) is 0 Å². The fourth-order valence-corrected chi connectivity index (χ4v) is 2.70. The summed E-state index contributed by atoms with van der Waals surface area (Å²) in [6, 6.07) is 0. The van der Waals surface area contributed by atoms with Gasteiger partial charge in [-0.15, -0.1) is 0 Å². The second-order valence-electron chi connectivity index (χ2n) is 3.64. The summed E-state index contributed by atoms with van der Waals surface area (Å²) >= 11 is 2.49. The van der Waals surface area contributed by atoms with Gasteiger partial charge < -0.3 is 9.84 Å². The molecular formula is C10H19IO2. The zero-order chi connectivity index (χ0) is 9.52. The van der Waals surface area contributed by atoms with Crippen molar-refractivity contribution in [2.24, 2.45) is 0 Å². The van der Waals surface area contributed by atoms with Gasteiger partial charge in [-0.2, -0.15) is 0 Å². The first-order valence-corrected chi connectivity index (χ1v) is 6.45. The van der Waals surface area contributed by atoms with E-state index in [2.05, 4.69) is 22.6 Å². The molecule has 1 heterocycles. The maximum absolute atomic E-state index is 8.66. The van der Waals surface area contributed by atoms with Crippen molar-refractivity contribution < 1.29 is 9.84 Å². The van der Waals surface area contributed by atoms with Crippen LogP contribution in [-0.2, 0) is 4.74 Å². The van der Waals surface area contributed by atoms with E-state index in [0.29, 0.717) is 16.6 Å². The van der Waals surface area contributed by atoms with Gasteiger partial charge in [-0.1, -0.05) is 29.0 Å². The molecule has 1 aliphatic heterocycles. The summed E-state index contributed by atoms with van der Waals surface area (Å²) < 4.78 is 6.34. The molecule has 1 rings (SSSR count). The molecule has 78 valence electrons. The first-order valence-electron chi connectivity index (χ1n) is 5.21. The highest BCUT2D eigenvalue weighted by Gasteiger charge is 2.21.